The second-order valence-electron chi connectivity index (χ2n) is 4.36. The van der Waals surface area contributed by atoms with E-state index in [0.717, 1.165) is 5.56 Å². The summed E-state index contributed by atoms with van der Waals surface area (Å²) in [6.07, 6.45) is -0.0590. The molecule has 1 aromatic heterocycles. The second-order valence-corrected chi connectivity index (χ2v) is 4.36. The monoisotopic (exact) mass is 254 g/mol. The first-order valence-electron chi connectivity index (χ1n) is 5.74. The van der Waals surface area contributed by atoms with Gasteiger partial charge in [-0.1, -0.05) is 5.16 Å². The fourth-order valence-corrected chi connectivity index (χ4v) is 1.94. The average molecular weight is 254 g/mol. The number of carboxylic acids is 1. The topological polar surface area (TPSA) is 83.6 Å². The lowest BCUT2D eigenvalue weighted by molar-refractivity contribution is -0.138. The van der Waals surface area contributed by atoms with E-state index in [0.29, 0.717) is 11.5 Å². The summed E-state index contributed by atoms with van der Waals surface area (Å²) in [6.45, 7) is 5.51. The predicted octanol–water partition coefficient (Wildman–Crippen LogP) is 1.33. The van der Waals surface area contributed by atoms with E-state index in [-0.39, 0.29) is 24.8 Å². The van der Waals surface area contributed by atoms with Crippen LogP contribution < -0.4 is 0 Å². The largest absolute Gasteiger partial charge is 0.481 e. The summed E-state index contributed by atoms with van der Waals surface area (Å²) in [7, 11) is 1.60. The maximum Gasteiger partial charge on any atom is 0.305 e. The molecule has 1 amide bonds. The van der Waals surface area contributed by atoms with E-state index in [1.807, 2.05) is 0 Å². The SMILES string of the molecule is Cc1noc(C)c1[C@H](C)C(=O)N(C)CCC(=O)O. The van der Waals surface area contributed by atoms with Crippen molar-refractivity contribution in [2.24, 2.45) is 0 Å². The van der Waals surface area contributed by atoms with Gasteiger partial charge in [0.1, 0.15) is 5.76 Å². The zero-order valence-corrected chi connectivity index (χ0v) is 11.1. The fraction of sp³-hybridized carbons (Fsp3) is 0.583. The van der Waals surface area contributed by atoms with Gasteiger partial charge in [-0.3, -0.25) is 9.59 Å². The number of aromatic nitrogens is 1. The van der Waals surface area contributed by atoms with Gasteiger partial charge in [0.15, 0.2) is 0 Å². The number of carbonyl (C=O) groups excluding carboxylic acids is 1. The lowest BCUT2D eigenvalue weighted by Gasteiger charge is -2.20. The highest BCUT2D eigenvalue weighted by molar-refractivity contribution is 5.84. The third-order valence-corrected chi connectivity index (χ3v) is 2.93. The van der Waals surface area contributed by atoms with Gasteiger partial charge in [0.05, 0.1) is 18.0 Å². The molecule has 0 aliphatic heterocycles. The molecule has 0 aromatic carbocycles. The molecule has 1 aromatic rings. The standard InChI is InChI=1S/C12H18N2O4/c1-7(11-8(2)13-18-9(11)3)12(17)14(4)6-5-10(15)16/h7H,5-6H2,1-4H3,(H,15,16)/t7-/m0/s1. The zero-order chi connectivity index (χ0) is 13.9. The van der Waals surface area contributed by atoms with Gasteiger partial charge in [0, 0.05) is 19.2 Å². The molecule has 0 saturated heterocycles. The maximum atomic E-state index is 12.1. The van der Waals surface area contributed by atoms with Gasteiger partial charge in [-0.15, -0.1) is 0 Å². The lowest BCUT2D eigenvalue weighted by Crippen LogP contribution is -2.32. The highest BCUT2D eigenvalue weighted by atomic mass is 16.5. The van der Waals surface area contributed by atoms with E-state index in [4.69, 9.17) is 9.63 Å². The molecule has 0 radical (unpaired) electrons. The molecule has 1 heterocycles. The molecule has 0 aliphatic carbocycles. The van der Waals surface area contributed by atoms with Crippen molar-refractivity contribution in [3.8, 4) is 0 Å². The van der Waals surface area contributed by atoms with Crippen LogP contribution in [-0.4, -0.2) is 40.6 Å². The van der Waals surface area contributed by atoms with Gasteiger partial charge in [-0.2, -0.15) is 0 Å². The minimum atomic E-state index is -0.917. The number of nitrogens with zero attached hydrogens (tertiary/aromatic N) is 2. The third kappa shape index (κ3) is 3.09. The van der Waals surface area contributed by atoms with Crippen molar-refractivity contribution in [1.29, 1.82) is 0 Å². The van der Waals surface area contributed by atoms with Gasteiger partial charge >= 0.3 is 5.97 Å². The minimum absolute atomic E-state index is 0.0590. The van der Waals surface area contributed by atoms with Crippen LogP contribution >= 0.6 is 0 Å². The van der Waals surface area contributed by atoms with Crippen LogP contribution in [0.5, 0.6) is 0 Å². The lowest BCUT2D eigenvalue weighted by atomic mass is 9.98. The second kappa shape index (κ2) is 5.66. The first-order valence-corrected chi connectivity index (χ1v) is 5.74. The van der Waals surface area contributed by atoms with E-state index in [2.05, 4.69) is 5.16 Å². The molecule has 0 unspecified atom stereocenters. The van der Waals surface area contributed by atoms with E-state index in [1.165, 1.54) is 4.90 Å². The Morgan fingerprint density at radius 2 is 2.06 bits per heavy atom. The molecule has 0 spiro atoms. The number of carbonyl (C=O) groups is 2. The first kappa shape index (κ1) is 14.2. The summed E-state index contributed by atoms with van der Waals surface area (Å²) in [6, 6.07) is 0. The van der Waals surface area contributed by atoms with Crippen molar-refractivity contribution in [2.45, 2.75) is 33.1 Å². The smallest absolute Gasteiger partial charge is 0.305 e. The molecule has 100 valence electrons. The van der Waals surface area contributed by atoms with Crippen molar-refractivity contribution in [3.05, 3.63) is 17.0 Å². The molecule has 1 atom stereocenters. The van der Waals surface area contributed by atoms with E-state index in [9.17, 15) is 9.59 Å². The number of carboxylic acid groups (broad SMARTS) is 1. The Morgan fingerprint density at radius 3 is 2.50 bits per heavy atom. The van der Waals surface area contributed by atoms with Crippen molar-refractivity contribution >= 4 is 11.9 Å². The summed E-state index contributed by atoms with van der Waals surface area (Å²) in [5.74, 6) is -0.805. The zero-order valence-electron chi connectivity index (χ0n) is 11.1. The first-order chi connectivity index (χ1) is 8.34. The van der Waals surface area contributed by atoms with Gasteiger partial charge in [0.2, 0.25) is 5.91 Å². The molecule has 0 aliphatic rings. The molecule has 1 rings (SSSR count). The van der Waals surface area contributed by atoms with Crippen LogP contribution in [0, 0.1) is 13.8 Å². The molecular formula is C12H18N2O4. The van der Waals surface area contributed by atoms with Crippen molar-refractivity contribution in [1.82, 2.24) is 10.1 Å². The summed E-state index contributed by atoms with van der Waals surface area (Å²) in [4.78, 5) is 24.0. The number of hydrogen-bond acceptors (Lipinski definition) is 4. The molecule has 0 bridgehead atoms. The number of likely N-dealkylation sites (N-methyl/N-ethyl adjacent to an activating group) is 1. The summed E-state index contributed by atoms with van der Waals surface area (Å²) < 4.78 is 5.03. The number of rotatable bonds is 5. The van der Waals surface area contributed by atoms with Crippen molar-refractivity contribution in [3.63, 3.8) is 0 Å². The van der Waals surface area contributed by atoms with Crippen LogP contribution in [0.2, 0.25) is 0 Å². The minimum Gasteiger partial charge on any atom is -0.481 e. The Bertz CT molecular complexity index is 433. The molecule has 1 N–H and O–H groups in total. The van der Waals surface area contributed by atoms with E-state index < -0.39 is 5.97 Å². The Morgan fingerprint density at radius 1 is 1.44 bits per heavy atom. The molecule has 18 heavy (non-hydrogen) atoms. The number of amides is 1. The van der Waals surface area contributed by atoms with Crippen LogP contribution in [0.15, 0.2) is 4.52 Å². The highest BCUT2D eigenvalue weighted by Crippen LogP contribution is 2.24. The normalized spacial score (nSPS) is 12.2. The summed E-state index contributed by atoms with van der Waals surface area (Å²) >= 11 is 0. The van der Waals surface area contributed by atoms with Crippen LogP contribution in [0.3, 0.4) is 0 Å². The molecule has 0 saturated carbocycles. The fourth-order valence-electron chi connectivity index (χ4n) is 1.94. The maximum absolute atomic E-state index is 12.1. The van der Waals surface area contributed by atoms with Gasteiger partial charge in [-0.25, -0.2) is 0 Å². The van der Waals surface area contributed by atoms with E-state index >= 15 is 0 Å². The number of hydrogen-bond donors (Lipinski definition) is 1. The Kier molecular flexibility index (Phi) is 4.47. The van der Waals surface area contributed by atoms with Crippen LogP contribution in [-0.2, 0) is 9.59 Å². The van der Waals surface area contributed by atoms with Gasteiger partial charge in [0.25, 0.3) is 0 Å². The number of aryl methyl sites for hydroxylation is 2. The third-order valence-electron chi connectivity index (χ3n) is 2.93. The van der Waals surface area contributed by atoms with Crippen LogP contribution in [0.1, 0.15) is 36.3 Å². The molecular weight excluding hydrogens is 236 g/mol. The molecule has 6 heteroatoms. The summed E-state index contributed by atoms with van der Waals surface area (Å²) in [5, 5.41) is 12.4. The Hall–Kier alpha value is -1.85. The van der Waals surface area contributed by atoms with E-state index in [1.54, 1.807) is 27.8 Å². The molecule has 6 nitrogen and oxygen atoms in total. The average Bonchev–Trinajstić information content (AvgIpc) is 2.64. The molecule has 0 fully saturated rings. The predicted molar refractivity (Wildman–Crippen MR) is 64.3 cm³/mol. The number of aliphatic carboxylic acids is 1. The van der Waals surface area contributed by atoms with Gasteiger partial charge in [-0.05, 0) is 20.8 Å². The Labute approximate surface area is 106 Å². The van der Waals surface area contributed by atoms with Crippen molar-refractivity contribution < 1.29 is 19.2 Å². The Balaban J connectivity index is 2.75. The van der Waals surface area contributed by atoms with Crippen LogP contribution in [0.4, 0.5) is 0 Å². The van der Waals surface area contributed by atoms with Crippen LogP contribution in [0.25, 0.3) is 0 Å². The quantitative estimate of drug-likeness (QED) is 0.856. The summed E-state index contributed by atoms with van der Waals surface area (Å²) in [5.41, 5.74) is 1.47. The van der Waals surface area contributed by atoms with Gasteiger partial charge < -0.3 is 14.5 Å². The van der Waals surface area contributed by atoms with Crippen molar-refractivity contribution in [2.75, 3.05) is 13.6 Å². The highest BCUT2D eigenvalue weighted by Gasteiger charge is 2.25.